The highest BCUT2D eigenvalue weighted by Crippen LogP contribution is 2.27. The van der Waals surface area contributed by atoms with Crippen LogP contribution in [0.1, 0.15) is 26.2 Å². The lowest BCUT2D eigenvalue weighted by Gasteiger charge is -2.22. The van der Waals surface area contributed by atoms with Gasteiger partial charge in [0.1, 0.15) is 0 Å². The molecule has 12 heavy (non-hydrogen) atoms. The van der Waals surface area contributed by atoms with Gasteiger partial charge < -0.3 is 4.74 Å². The minimum atomic E-state index is 0.258. The van der Waals surface area contributed by atoms with Gasteiger partial charge in [0.2, 0.25) is 0 Å². The van der Waals surface area contributed by atoms with Crippen molar-refractivity contribution in [3.05, 3.63) is 12.7 Å². The van der Waals surface area contributed by atoms with Gasteiger partial charge in [-0.15, -0.1) is 6.58 Å². The van der Waals surface area contributed by atoms with E-state index in [1.807, 2.05) is 6.08 Å². The van der Waals surface area contributed by atoms with Gasteiger partial charge in [0, 0.05) is 19.0 Å². The van der Waals surface area contributed by atoms with Crippen molar-refractivity contribution < 1.29 is 4.74 Å². The van der Waals surface area contributed by atoms with E-state index >= 15 is 0 Å². The van der Waals surface area contributed by atoms with Crippen molar-refractivity contribution in [1.29, 1.82) is 0 Å². The Morgan fingerprint density at radius 2 is 2.17 bits per heavy atom. The monoisotopic (exact) mass is 234 g/mol. The first-order chi connectivity index (χ1) is 5.68. The van der Waals surface area contributed by atoms with E-state index in [-0.39, 0.29) is 5.41 Å². The summed E-state index contributed by atoms with van der Waals surface area (Å²) < 4.78 is 4.99. The Morgan fingerprint density at radius 1 is 1.50 bits per heavy atom. The molecule has 0 fully saturated rings. The Bertz CT molecular complexity index is 125. The molecule has 1 atom stereocenters. The summed E-state index contributed by atoms with van der Waals surface area (Å²) >= 11 is 3.50. The number of rotatable bonds is 7. The topological polar surface area (TPSA) is 9.23 Å². The third-order valence-electron chi connectivity index (χ3n) is 2.14. The fraction of sp³-hybridized carbons (Fsp3) is 0.800. The second-order valence-corrected chi connectivity index (χ2v) is 4.00. The van der Waals surface area contributed by atoms with E-state index in [0.29, 0.717) is 0 Å². The minimum absolute atomic E-state index is 0.258. The molecule has 1 nitrogen and oxygen atoms in total. The van der Waals surface area contributed by atoms with Crippen molar-refractivity contribution in [2.45, 2.75) is 26.2 Å². The fourth-order valence-electron chi connectivity index (χ4n) is 0.999. The third-order valence-corrected chi connectivity index (χ3v) is 3.43. The van der Waals surface area contributed by atoms with E-state index in [9.17, 15) is 0 Å². The van der Waals surface area contributed by atoms with Crippen LogP contribution >= 0.6 is 15.9 Å². The molecule has 2 heteroatoms. The lowest BCUT2D eigenvalue weighted by atomic mass is 9.87. The molecule has 0 aliphatic heterocycles. The van der Waals surface area contributed by atoms with E-state index in [1.54, 1.807) is 7.11 Å². The van der Waals surface area contributed by atoms with Crippen LogP contribution in [0.5, 0.6) is 0 Å². The minimum Gasteiger partial charge on any atom is -0.385 e. The first-order valence-electron chi connectivity index (χ1n) is 4.37. The highest BCUT2D eigenvalue weighted by Gasteiger charge is 2.17. The van der Waals surface area contributed by atoms with Crippen LogP contribution in [0.25, 0.3) is 0 Å². The molecule has 0 radical (unpaired) electrons. The summed E-state index contributed by atoms with van der Waals surface area (Å²) in [7, 11) is 1.75. The van der Waals surface area contributed by atoms with Crippen LogP contribution in [0.15, 0.2) is 12.7 Å². The van der Waals surface area contributed by atoms with Gasteiger partial charge in [-0.3, -0.25) is 0 Å². The van der Waals surface area contributed by atoms with Crippen LogP contribution in [0, 0.1) is 5.41 Å². The van der Waals surface area contributed by atoms with E-state index in [0.717, 1.165) is 18.4 Å². The van der Waals surface area contributed by atoms with Crippen molar-refractivity contribution in [2.75, 3.05) is 19.0 Å². The van der Waals surface area contributed by atoms with Gasteiger partial charge in [0.25, 0.3) is 0 Å². The van der Waals surface area contributed by atoms with Gasteiger partial charge in [0.15, 0.2) is 0 Å². The Kier molecular flexibility index (Phi) is 6.77. The van der Waals surface area contributed by atoms with E-state index in [4.69, 9.17) is 4.74 Å². The Labute approximate surface area is 84.3 Å². The summed E-state index contributed by atoms with van der Waals surface area (Å²) in [4.78, 5) is 0. The number of ether oxygens (including phenoxy) is 1. The maximum absolute atomic E-state index is 4.99. The van der Waals surface area contributed by atoms with Gasteiger partial charge >= 0.3 is 0 Å². The zero-order valence-corrected chi connectivity index (χ0v) is 9.69. The highest BCUT2D eigenvalue weighted by molar-refractivity contribution is 9.09. The second kappa shape index (κ2) is 6.67. The summed E-state index contributed by atoms with van der Waals surface area (Å²) in [6.07, 6.45) is 5.58. The smallest absolute Gasteiger partial charge is 0.0462 e. The molecule has 0 aromatic rings. The van der Waals surface area contributed by atoms with Crippen LogP contribution in [0.3, 0.4) is 0 Å². The predicted molar refractivity (Wildman–Crippen MR) is 57.8 cm³/mol. The Balaban J connectivity index is 3.51. The van der Waals surface area contributed by atoms with Gasteiger partial charge in [-0.2, -0.15) is 0 Å². The van der Waals surface area contributed by atoms with Crippen LogP contribution in [0.4, 0.5) is 0 Å². The van der Waals surface area contributed by atoms with Crippen molar-refractivity contribution in [2.24, 2.45) is 5.41 Å². The zero-order chi connectivity index (χ0) is 9.45. The number of halogens is 1. The van der Waals surface area contributed by atoms with Gasteiger partial charge in [-0.1, -0.05) is 35.4 Å². The van der Waals surface area contributed by atoms with Gasteiger partial charge in [0.05, 0.1) is 0 Å². The molecule has 0 spiro atoms. The first kappa shape index (κ1) is 12.2. The van der Waals surface area contributed by atoms with Crippen molar-refractivity contribution in [1.82, 2.24) is 0 Å². The summed E-state index contributed by atoms with van der Waals surface area (Å²) in [6.45, 7) is 6.94. The van der Waals surface area contributed by atoms with Gasteiger partial charge in [-0.25, -0.2) is 0 Å². The van der Waals surface area contributed by atoms with Crippen LogP contribution in [0.2, 0.25) is 0 Å². The molecule has 72 valence electrons. The van der Waals surface area contributed by atoms with E-state index in [2.05, 4.69) is 29.4 Å². The van der Waals surface area contributed by atoms with Crippen LogP contribution in [-0.2, 0) is 4.74 Å². The predicted octanol–water partition coefficient (Wildman–Crippen LogP) is 3.39. The molecule has 0 amide bonds. The Morgan fingerprint density at radius 3 is 2.58 bits per heavy atom. The number of allylic oxidation sites excluding steroid dienone is 1. The molecule has 0 N–H and O–H groups in total. The number of methoxy groups -OCH3 is 1. The fourth-order valence-corrected chi connectivity index (χ4v) is 1.51. The van der Waals surface area contributed by atoms with Crippen LogP contribution < -0.4 is 0 Å². The molecule has 0 bridgehead atoms. The molecule has 0 saturated carbocycles. The zero-order valence-electron chi connectivity index (χ0n) is 8.11. The number of hydrogen-bond donors (Lipinski definition) is 0. The third kappa shape index (κ3) is 4.94. The molecule has 0 aromatic carbocycles. The maximum Gasteiger partial charge on any atom is 0.0462 e. The molecule has 0 rings (SSSR count). The summed E-state index contributed by atoms with van der Waals surface area (Å²) in [5.74, 6) is 0. The maximum atomic E-state index is 4.99. The van der Waals surface area contributed by atoms with Gasteiger partial charge in [-0.05, 0) is 18.3 Å². The second-order valence-electron chi connectivity index (χ2n) is 3.44. The molecule has 1 unspecified atom stereocenters. The molecule has 0 aromatic heterocycles. The highest BCUT2D eigenvalue weighted by atomic mass is 79.9. The van der Waals surface area contributed by atoms with Crippen LogP contribution in [-0.4, -0.2) is 19.0 Å². The average molecular weight is 235 g/mol. The van der Waals surface area contributed by atoms with Crippen molar-refractivity contribution in [3.8, 4) is 0 Å². The normalized spacial score (nSPS) is 15.6. The Hall–Kier alpha value is 0.180. The lowest BCUT2D eigenvalue weighted by Crippen LogP contribution is -2.14. The van der Waals surface area contributed by atoms with Crippen molar-refractivity contribution >= 4 is 15.9 Å². The first-order valence-corrected chi connectivity index (χ1v) is 5.49. The SMILES string of the molecule is C=CC(C)(CBr)CCCCOC. The summed E-state index contributed by atoms with van der Waals surface area (Å²) in [5.41, 5.74) is 0.258. The molecular weight excluding hydrogens is 216 g/mol. The summed E-state index contributed by atoms with van der Waals surface area (Å²) in [5, 5.41) is 0.997. The molecule has 0 aliphatic rings. The molecule has 0 heterocycles. The van der Waals surface area contributed by atoms with E-state index in [1.165, 1.54) is 12.8 Å². The number of unbranched alkanes of at least 4 members (excludes halogenated alkanes) is 1. The van der Waals surface area contributed by atoms with Crippen molar-refractivity contribution in [3.63, 3.8) is 0 Å². The lowest BCUT2D eigenvalue weighted by molar-refractivity contribution is 0.189. The molecule has 0 saturated heterocycles. The average Bonchev–Trinajstić information content (AvgIpc) is 2.12. The summed E-state index contributed by atoms with van der Waals surface area (Å²) in [6, 6.07) is 0. The standard InChI is InChI=1S/C10H19BrO/c1-4-10(2,9-11)7-5-6-8-12-3/h4H,1,5-9H2,2-3H3. The molecule has 0 aliphatic carbocycles. The molecular formula is C10H19BrO. The number of hydrogen-bond acceptors (Lipinski definition) is 1. The number of alkyl halides is 1. The van der Waals surface area contributed by atoms with E-state index < -0.39 is 0 Å². The quantitative estimate of drug-likeness (QED) is 0.373. The largest absolute Gasteiger partial charge is 0.385 e.